The Kier molecular flexibility index (Phi) is 7.43. The minimum atomic E-state index is -1.62. The van der Waals surface area contributed by atoms with Crippen LogP contribution in [0.15, 0.2) is 30.3 Å². The Balaban J connectivity index is 1.33. The van der Waals surface area contributed by atoms with Crippen LogP contribution < -0.4 is 0 Å². The molecular formula is C27H38N2O5. The van der Waals surface area contributed by atoms with Crippen LogP contribution in [0.2, 0.25) is 0 Å². The summed E-state index contributed by atoms with van der Waals surface area (Å²) in [6, 6.07) is 9.07. The van der Waals surface area contributed by atoms with Gasteiger partial charge in [-0.1, -0.05) is 49.6 Å². The number of imide groups is 1. The maximum Gasteiger partial charge on any atom is 0.343 e. The quantitative estimate of drug-likeness (QED) is 0.486. The topological polar surface area (TPSA) is 87.2 Å². The van der Waals surface area contributed by atoms with Gasteiger partial charge in [-0.25, -0.2) is 4.79 Å². The van der Waals surface area contributed by atoms with Crippen LogP contribution in [0.4, 0.5) is 0 Å². The molecule has 4 rings (SSSR count). The number of ether oxygens (including phenoxy) is 1. The van der Waals surface area contributed by atoms with Crippen molar-refractivity contribution in [2.75, 3.05) is 26.2 Å². The van der Waals surface area contributed by atoms with Crippen molar-refractivity contribution in [2.45, 2.75) is 76.9 Å². The first-order valence-corrected chi connectivity index (χ1v) is 12.8. The van der Waals surface area contributed by atoms with E-state index < -0.39 is 17.0 Å². The van der Waals surface area contributed by atoms with E-state index in [1.165, 1.54) is 4.90 Å². The van der Waals surface area contributed by atoms with Crippen LogP contribution in [0.5, 0.6) is 0 Å². The predicted octanol–water partition coefficient (Wildman–Crippen LogP) is 3.25. The molecule has 7 heteroatoms. The molecule has 1 aromatic rings. The molecule has 186 valence electrons. The molecule has 2 heterocycles. The highest BCUT2D eigenvalue weighted by Gasteiger charge is 2.53. The van der Waals surface area contributed by atoms with Crippen molar-refractivity contribution in [1.29, 1.82) is 0 Å². The zero-order valence-electron chi connectivity index (χ0n) is 20.5. The zero-order valence-corrected chi connectivity index (χ0v) is 20.5. The first kappa shape index (κ1) is 24.9. The van der Waals surface area contributed by atoms with Crippen molar-refractivity contribution in [3.63, 3.8) is 0 Å². The average molecular weight is 471 g/mol. The van der Waals surface area contributed by atoms with Crippen LogP contribution in [0, 0.1) is 11.3 Å². The number of nitrogens with zero attached hydrogens (tertiary/aromatic N) is 2. The molecule has 2 saturated heterocycles. The van der Waals surface area contributed by atoms with E-state index in [2.05, 4.69) is 4.90 Å². The Morgan fingerprint density at radius 2 is 1.76 bits per heavy atom. The van der Waals surface area contributed by atoms with E-state index in [-0.39, 0.29) is 30.4 Å². The van der Waals surface area contributed by atoms with Gasteiger partial charge in [0.2, 0.25) is 11.8 Å². The van der Waals surface area contributed by atoms with Crippen molar-refractivity contribution in [3.05, 3.63) is 35.9 Å². The average Bonchev–Trinajstić information content (AvgIpc) is 3.09. The van der Waals surface area contributed by atoms with E-state index in [1.807, 2.05) is 32.0 Å². The summed E-state index contributed by atoms with van der Waals surface area (Å²) in [4.78, 5) is 42.1. The highest BCUT2D eigenvalue weighted by Crippen LogP contribution is 2.43. The summed E-state index contributed by atoms with van der Waals surface area (Å²) in [6.45, 7) is 5.87. The van der Waals surface area contributed by atoms with Crippen molar-refractivity contribution in [1.82, 2.24) is 9.80 Å². The van der Waals surface area contributed by atoms with E-state index in [0.717, 1.165) is 32.1 Å². The lowest BCUT2D eigenvalue weighted by molar-refractivity contribution is -0.176. The summed E-state index contributed by atoms with van der Waals surface area (Å²) in [5.74, 6) is -0.798. The van der Waals surface area contributed by atoms with Gasteiger partial charge >= 0.3 is 5.97 Å². The van der Waals surface area contributed by atoms with Crippen LogP contribution in [0.25, 0.3) is 0 Å². The van der Waals surface area contributed by atoms with Crippen LogP contribution >= 0.6 is 0 Å². The second-order valence-corrected chi connectivity index (χ2v) is 10.6. The molecule has 1 N–H and O–H groups in total. The van der Waals surface area contributed by atoms with Crippen molar-refractivity contribution >= 4 is 17.8 Å². The number of hydrogen-bond acceptors (Lipinski definition) is 6. The number of amides is 2. The van der Waals surface area contributed by atoms with Crippen molar-refractivity contribution in [3.8, 4) is 0 Å². The second kappa shape index (κ2) is 10.2. The predicted molar refractivity (Wildman–Crippen MR) is 128 cm³/mol. The molecule has 34 heavy (non-hydrogen) atoms. The highest BCUT2D eigenvalue weighted by atomic mass is 16.5. The number of hydrogen-bond donors (Lipinski definition) is 1. The SMILES string of the molecule is CC(C)N1C(=O)CC2(CCN(CCOC(=O)[C@@](O)(c3ccccc3)C3CCCCC3)CC2)C1=O. The molecule has 0 radical (unpaired) electrons. The molecule has 2 aliphatic heterocycles. The Labute approximate surface area is 202 Å². The second-order valence-electron chi connectivity index (χ2n) is 10.6. The van der Waals surface area contributed by atoms with Crippen molar-refractivity contribution in [2.24, 2.45) is 11.3 Å². The molecule has 0 aromatic heterocycles. The van der Waals surface area contributed by atoms with E-state index in [4.69, 9.17) is 4.74 Å². The van der Waals surface area contributed by atoms with Gasteiger partial charge < -0.3 is 9.84 Å². The number of esters is 1. The van der Waals surface area contributed by atoms with Gasteiger partial charge in [-0.3, -0.25) is 19.4 Å². The molecule has 1 saturated carbocycles. The summed E-state index contributed by atoms with van der Waals surface area (Å²) in [5, 5.41) is 11.6. The fourth-order valence-corrected chi connectivity index (χ4v) is 6.05. The summed E-state index contributed by atoms with van der Waals surface area (Å²) >= 11 is 0. The lowest BCUT2D eigenvalue weighted by Crippen LogP contribution is -2.48. The molecule has 1 atom stereocenters. The number of benzene rings is 1. The normalized spacial score (nSPS) is 23.5. The third-order valence-electron chi connectivity index (χ3n) is 8.12. The molecule has 3 fully saturated rings. The lowest BCUT2D eigenvalue weighted by Gasteiger charge is -2.38. The van der Waals surface area contributed by atoms with Gasteiger partial charge in [-0.2, -0.15) is 0 Å². The minimum absolute atomic E-state index is 0.0287. The summed E-state index contributed by atoms with van der Waals surface area (Å²) < 4.78 is 5.66. The van der Waals surface area contributed by atoms with Crippen LogP contribution in [-0.2, 0) is 24.7 Å². The molecule has 1 aliphatic carbocycles. The number of carbonyl (C=O) groups excluding carboxylic acids is 3. The number of rotatable bonds is 7. The first-order valence-electron chi connectivity index (χ1n) is 12.8. The molecule has 7 nitrogen and oxygen atoms in total. The summed E-state index contributed by atoms with van der Waals surface area (Å²) in [7, 11) is 0. The molecule has 1 aromatic carbocycles. The summed E-state index contributed by atoms with van der Waals surface area (Å²) in [5.41, 5.74) is -1.58. The van der Waals surface area contributed by atoms with Gasteiger partial charge in [0.15, 0.2) is 5.60 Å². The maximum atomic E-state index is 13.2. The van der Waals surface area contributed by atoms with E-state index in [9.17, 15) is 19.5 Å². The molecule has 3 aliphatic rings. The molecule has 0 unspecified atom stereocenters. The monoisotopic (exact) mass is 470 g/mol. The Morgan fingerprint density at radius 3 is 2.35 bits per heavy atom. The Hall–Kier alpha value is -2.25. The number of piperidine rings is 1. The van der Waals surface area contributed by atoms with Crippen LogP contribution in [0.3, 0.4) is 0 Å². The van der Waals surface area contributed by atoms with Crippen LogP contribution in [0.1, 0.15) is 70.8 Å². The number of carbonyl (C=O) groups is 3. The zero-order chi connectivity index (χ0) is 24.3. The fraction of sp³-hybridized carbons (Fsp3) is 0.667. The third kappa shape index (κ3) is 4.65. The van der Waals surface area contributed by atoms with E-state index >= 15 is 0 Å². The largest absolute Gasteiger partial charge is 0.462 e. The smallest absolute Gasteiger partial charge is 0.343 e. The van der Waals surface area contributed by atoms with Gasteiger partial charge in [0.25, 0.3) is 0 Å². The highest BCUT2D eigenvalue weighted by molar-refractivity contribution is 6.06. The first-order chi connectivity index (χ1) is 16.3. The van der Waals surface area contributed by atoms with E-state index in [0.29, 0.717) is 44.5 Å². The van der Waals surface area contributed by atoms with Gasteiger partial charge in [0.05, 0.1) is 5.41 Å². The Morgan fingerprint density at radius 1 is 1.12 bits per heavy atom. The molecule has 1 spiro atoms. The molecular weight excluding hydrogens is 432 g/mol. The third-order valence-corrected chi connectivity index (χ3v) is 8.12. The van der Waals surface area contributed by atoms with E-state index in [1.54, 1.807) is 12.1 Å². The Bertz CT molecular complexity index is 888. The number of likely N-dealkylation sites (tertiary alicyclic amines) is 2. The standard InChI is InChI=1S/C27H38N2O5/c1-20(2)29-23(30)19-26(24(29)31)13-15-28(16-14-26)17-18-34-25(32)27(33,21-9-5-3-6-10-21)22-11-7-4-8-12-22/h3,5-6,9-10,20,22,33H,4,7-8,11-19H2,1-2H3/t27-/m1/s1. The minimum Gasteiger partial charge on any atom is -0.462 e. The number of aliphatic hydroxyl groups is 1. The maximum absolute atomic E-state index is 13.2. The molecule has 0 bridgehead atoms. The van der Waals surface area contributed by atoms with Crippen LogP contribution in [-0.4, -0.2) is 65.0 Å². The van der Waals surface area contributed by atoms with Gasteiger partial charge in [-0.05, 0) is 58.2 Å². The lowest BCUT2D eigenvalue weighted by atomic mass is 9.73. The molecule has 2 amide bonds. The van der Waals surface area contributed by atoms with Gasteiger partial charge in [0.1, 0.15) is 6.61 Å². The summed E-state index contributed by atoms with van der Waals surface area (Å²) in [6.07, 6.45) is 6.38. The fourth-order valence-electron chi connectivity index (χ4n) is 6.05. The van der Waals surface area contributed by atoms with Crippen molar-refractivity contribution < 1.29 is 24.2 Å². The van der Waals surface area contributed by atoms with Gasteiger partial charge in [0, 0.05) is 24.9 Å². The van der Waals surface area contributed by atoms with Gasteiger partial charge in [-0.15, -0.1) is 0 Å².